The van der Waals surface area contributed by atoms with Crippen LogP contribution in [-0.4, -0.2) is 19.6 Å². The Bertz CT molecular complexity index is 621. The lowest BCUT2D eigenvalue weighted by molar-refractivity contribution is -0.128. The molecule has 22 heavy (non-hydrogen) atoms. The Kier molecular flexibility index (Phi) is 4.95. The maximum atomic E-state index is 12.5. The van der Waals surface area contributed by atoms with E-state index in [-0.39, 0.29) is 11.2 Å². The van der Waals surface area contributed by atoms with Gasteiger partial charge in [-0.05, 0) is 30.5 Å². The molecule has 0 spiro atoms. The average Bonchev–Trinajstić information content (AvgIpc) is 2.99. The molecule has 1 N–H and O–H groups in total. The topological polar surface area (TPSA) is 63.2 Å². The van der Waals surface area contributed by atoms with E-state index in [1.807, 2.05) is 20.8 Å². The van der Waals surface area contributed by atoms with Gasteiger partial charge in [-0.2, -0.15) is 0 Å². The van der Waals surface area contributed by atoms with Gasteiger partial charge < -0.3 is 5.32 Å². The van der Waals surface area contributed by atoms with E-state index >= 15 is 0 Å². The fourth-order valence-electron chi connectivity index (χ4n) is 2.64. The van der Waals surface area contributed by atoms with Gasteiger partial charge in [-0.15, -0.1) is 0 Å². The van der Waals surface area contributed by atoms with Crippen LogP contribution in [0.3, 0.4) is 0 Å². The third-order valence-electron chi connectivity index (χ3n) is 4.13. The lowest BCUT2D eigenvalue weighted by atomic mass is 9.95. The maximum Gasteiger partial charge on any atom is 0.225 e. The van der Waals surface area contributed by atoms with Crippen molar-refractivity contribution < 1.29 is 13.2 Å². The number of amides is 1. The molecule has 1 aliphatic rings. The number of hydrogen-bond donors (Lipinski definition) is 1. The van der Waals surface area contributed by atoms with Crippen LogP contribution in [-0.2, 0) is 21.2 Å². The minimum Gasteiger partial charge on any atom is -0.352 e. The fraction of sp³-hybridized carbons (Fsp3) is 0.588. The van der Waals surface area contributed by atoms with E-state index in [2.05, 4.69) is 5.32 Å². The van der Waals surface area contributed by atoms with Gasteiger partial charge >= 0.3 is 0 Å². The molecular weight excluding hydrogens is 298 g/mol. The van der Waals surface area contributed by atoms with E-state index in [4.69, 9.17) is 0 Å². The average molecular weight is 323 g/mol. The Morgan fingerprint density at radius 3 is 2.18 bits per heavy atom. The number of benzene rings is 1. The molecule has 0 heterocycles. The van der Waals surface area contributed by atoms with Gasteiger partial charge in [0, 0.05) is 12.0 Å². The second kappa shape index (κ2) is 6.41. The zero-order valence-corrected chi connectivity index (χ0v) is 14.4. The third-order valence-corrected chi connectivity index (χ3v) is 6.41. The molecule has 122 valence electrons. The minimum absolute atomic E-state index is 0.0184. The van der Waals surface area contributed by atoms with Gasteiger partial charge in [0.15, 0.2) is 9.84 Å². The van der Waals surface area contributed by atoms with Crippen molar-refractivity contribution in [3.05, 3.63) is 29.8 Å². The standard InChI is InChI=1S/C17H25NO3S/c1-17(2,3)16(19)18-12-13-8-10-15(11-9-13)22(20,21)14-6-4-5-7-14/h8-11,14H,4-7,12H2,1-3H3,(H,18,19). The summed E-state index contributed by atoms with van der Waals surface area (Å²) in [4.78, 5) is 12.2. The summed E-state index contributed by atoms with van der Waals surface area (Å²) in [5.74, 6) is -0.0184. The second-order valence-corrected chi connectivity index (χ2v) is 9.26. The molecule has 0 radical (unpaired) electrons. The number of carbonyl (C=O) groups excluding carboxylic acids is 1. The molecule has 2 rings (SSSR count). The predicted molar refractivity (Wildman–Crippen MR) is 87.2 cm³/mol. The zero-order valence-electron chi connectivity index (χ0n) is 13.6. The fourth-order valence-corrected chi connectivity index (χ4v) is 4.49. The van der Waals surface area contributed by atoms with Crippen LogP contribution >= 0.6 is 0 Å². The van der Waals surface area contributed by atoms with Gasteiger partial charge in [-0.1, -0.05) is 45.7 Å². The molecule has 0 bridgehead atoms. The molecule has 1 aromatic rings. The molecule has 0 saturated heterocycles. The van der Waals surface area contributed by atoms with Crippen molar-refractivity contribution in [3.8, 4) is 0 Å². The predicted octanol–water partition coefficient (Wildman–Crippen LogP) is 3.07. The summed E-state index contributed by atoms with van der Waals surface area (Å²) < 4.78 is 24.9. The number of rotatable bonds is 4. The Labute approximate surface area is 133 Å². The lowest BCUT2D eigenvalue weighted by Gasteiger charge is -2.17. The molecule has 0 aromatic heterocycles. The first-order valence-electron chi connectivity index (χ1n) is 7.82. The monoisotopic (exact) mass is 323 g/mol. The van der Waals surface area contributed by atoms with E-state index in [0.29, 0.717) is 11.4 Å². The summed E-state index contributed by atoms with van der Waals surface area (Å²) in [6.45, 7) is 6.00. The van der Waals surface area contributed by atoms with Crippen molar-refractivity contribution in [1.82, 2.24) is 5.32 Å². The highest BCUT2D eigenvalue weighted by Gasteiger charge is 2.30. The van der Waals surface area contributed by atoms with E-state index in [1.165, 1.54) is 0 Å². The normalized spacial score (nSPS) is 16.7. The van der Waals surface area contributed by atoms with E-state index in [9.17, 15) is 13.2 Å². The molecule has 1 fully saturated rings. The van der Waals surface area contributed by atoms with Crippen LogP contribution in [0.25, 0.3) is 0 Å². The number of nitrogens with one attached hydrogen (secondary N) is 1. The summed E-state index contributed by atoms with van der Waals surface area (Å²) in [5, 5.41) is 2.64. The number of hydrogen-bond acceptors (Lipinski definition) is 3. The van der Waals surface area contributed by atoms with Crippen molar-refractivity contribution in [1.29, 1.82) is 0 Å². The van der Waals surface area contributed by atoms with Crippen LogP contribution in [0.5, 0.6) is 0 Å². The van der Waals surface area contributed by atoms with Gasteiger partial charge in [-0.3, -0.25) is 4.79 Å². The van der Waals surface area contributed by atoms with Crippen LogP contribution in [0.4, 0.5) is 0 Å². The Balaban J connectivity index is 2.03. The van der Waals surface area contributed by atoms with Gasteiger partial charge in [0.1, 0.15) is 0 Å². The minimum atomic E-state index is -3.20. The van der Waals surface area contributed by atoms with Gasteiger partial charge in [0.2, 0.25) is 5.91 Å². The molecule has 1 saturated carbocycles. The molecule has 1 aromatic carbocycles. The molecule has 0 atom stereocenters. The number of sulfone groups is 1. The SMILES string of the molecule is CC(C)(C)C(=O)NCc1ccc(S(=O)(=O)C2CCCC2)cc1. The summed E-state index contributed by atoms with van der Waals surface area (Å²) in [6, 6.07) is 6.88. The summed E-state index contributed by atoms with van der Waals surface area (Å²) in [5.41, 5.74) is 0.481. The lowest BCUT2D eigenvalue weighted by Crippen LogP contribution is -2.34. The highest BCUT2D eigenvalue weighted by molar-refractivity contribution is 7.92. The largest absolute Gasteiger partial charge is 0.352 e. The quantitative estimate of drug-likeness (QED) is 0.926. The van der Waals surface area contributed by atoms with Gasteiger partial charge in [-0.25, -0.2) is 8.42 Å². The Morgan fingerprint density at radius 1 is 1.14 bits per heavy atom. The summed E-state index contributed by atoms with van der Waals surface area (Å²) >= 11 is 0. The van der Waals surface area contributed by atoms with E-state index < -0.39 is 15.3 Å². The first-order chi connectivity index (χ1) is 10.2. The molecule has 5 heteroatoms. The molecule has 4 nitrogen and oxygen atoms in total. The highest BCUT2D eigenvalue weighted by Crippen LogP contribution is 2.29. The highest BCUT2D eigenvalue weighted by atomic mass is 32.2. The van der Waals surface area contributed by atoms with Crippen LogP contribution in [0.2, 0.25) is 0 Å². The van der Waals surface area contributed by atoms with Crippen molar-refractivity contribution >= 4 is 15.7 Å². The van der Waals surface area contributed by atoms with Gasteiger partial charge in [0.25, 0.3) is 0 Å². The smallest absolute Gasteiger partial charge is 0.225 e. The van der Waals surface area contributed by atoms with Crippen molar-refractivity contribution in [3.63, 3.8) is 0 Å². The Morgan fingerprint density at radius 2 is 1.68 bits per heavy atom. The van der Waals surface area contributed by atoms with Crippen LogP contribution in [0, 0.1) is 5.41 Å². The molecule has 1 amide bonds. The summed E-state index contributed by atoms with van der Waals surface area (Å²) in [6.07, 6.45) is 3.54. The third kappa shape index (κ3) is 3.88. The second-order valence-electron chi connectivity index (χ2n) is 7.03. The zero-order chi connectivity index (χ0) is 16.4. The maximum absolute atomic E-state index is 12.5. The number of carbonyl (C=O) groups is 1. The van der Waals surface area contributed by atoms with E-state index in [1.54, 1.807) is 24.3 Å². The van der Waals surface area contributed by atoms with Crippen molar-refractivity contribution in [2.24, 2.45) is 5.41 Å². The van der Waals surface area contributed by atoms with Crippen molar-refractivity contribution in [2.75, 3.05) is 0 Å². The Hall–Kier alpha value is -1.36. The van der Waals surface area contributed by atoms with Crippen LogP contribution in [0.15, 0.2) is 29.2 Å². The molecular formula is C17H25NO3S. The first kappa shape index (κ1) is 17.0. The van der Waals surface area contributed by atoms with Crippen LogP contribution < -0.4 is 5.32 Å². The molecule has 0 unspecified atom stereocenters. The first-order valence-corrected chi connectivity index (χ1v) is 9.37. The van der Waals surface area contributed by atoms with E-state index in [0.717, 1.165) is 31.2 Å². The van der Waals surface area contributed by atoms with Crippen LogP contribution in [0.1, 0.15) is 52.0 Å². The molecule has 0 aliphatic heterocycles. The van der Waals surface area contributed by atoms with Crippen molar-refractivity contribution in [2.45, 2.75) is 63.1 Å². The molecule has 1 aliphatic carbocycles. The van der Waals surface area contributed by atoms with Gasteiger partial charge in [0.05, 0.1) is 10.1 Å². The summed E-state index contributed by atoms with van der Waals surface area (Å²) in [7, 11) is -3.20.